The second kappa shape index (κ2) is 7.04. The van der Waals surface area contributed by atoms with Crippen LogP contribution in [-0.2, 0) is 6.54 Å². The van der Waals surface area contributed by atoms with Gasteiger partial charge in [0.25, 0.3) is 0 Å². The molecule has 1 fully saturated rings. The van der Waals surface area contributed by atoms with Crippen LogP contribution >= 0.6 is 0 Å². The lowest BCUT2D eigenvalue weighted by atomic mass is 9.85. The summed E-state index contributed by atoms with van der Waals surface area (Å²) in [5.74, 6) is -0.0905. The molecule has 1 aliphatic rings. The molecule has 0 bridgehead atoms. The Bertz CT molecular complexity index is 430. The number of nitrogens with one attached hydrogen (secondary N) is 1. The summed E-state index contributed by atoms with van der Waals surface area (Å²) in [5, 5.41) is 13.6. The van der Waals surface area contributed by atoms with Gasteiger partial charge in [0, 0.05) is 12.1 Å². The first-order valence-corrected chi connectivity index (χ1v) is 7.48. The van der Waals surface area contributed by atoms with Crippen LogP contribution in [-0.4, -0.2) is 23.9 Å². The fourth-order valence-corrected chi connectivity index (χ4v) is 2.67. The molecule has 0 amide bonds. The maximum absolute atomic E-state index is 13.9. The Balaban J connectivity index is 2.04. The first-order valence-electron chi connectivity index (χ1n) is 7.48. The average molecular weight is 281 g/mol. The third-order valence-corrected chi connectivity index (χ3v) is 3.88. The highest BCUT2D eigenvalue weighted by Crippen LogP contribution is 2.30. The van der Waals surface area contributed by atoms with Gasteiger partial charge >= 0.3 is 0 Å². The van der Waals surface area contributed by atoms with E-state index in [2.05, 4.69) is 5.32 Å². The summed E-state index contributed by atoms with van der Waals surface area (Å²) in [7, 11) is 0. The summed E-state index contributed by atoms with van der Waals surface area (Å²) in [6.45, 7) is 3.57. The van der Waals surface area contributed by atoms with E-state index in [1.807, 2.05) is 13.0 Å². The molecule has 0 aromatic heterocycles. The second-order valence-electron chi connectivity index (χ2n) is 5.58. The van der Waals surface area contributed by atoms with E-state index in [1.165, 1.54) is 6.07 Å². The molecule has 0 heterocycles. The minimum Gasteiger partial charge on any atom is -0.487 e. The van der Waals surface area contributed by atoms with Crippen LogP contribution in [0.2, 0.25) is 0 Å². The first-order chi connectivity index (χ1) is 9.64. The van der Waals surface area contributed by atoms with E-state index in [0.717, 1.165) is 44.2 Å². The molecule has 0 spiro atoms. The van der Waals surface area contributed by atoms with Gasteiger partial charge in [-0.25, -0.2) is 4.39 Å². The average Bonchev–Trinajstić information content (AvgIpc) is 2.45. The lowest BCUT2D eigenvalue weighted by Gasteiger charge is -2.32. The van der Waals surface area contributed by atoms with Gasteiger partial charge in [-0.2, -0.15) is 0 Å². The Labute approximate surface area is 120 Å². The van der Waals surface area contributed by atoms with Crippen LogP contribution in [0.3, 0.4) is 0 Å². The minimum atomic E-state index is -0.796. The monoisotopic (exact) mass is 281 g/mol. The summed E-state index contributed by atoms with van der Waals surface area (Å²) in [6, 6.07) is 4.94. The van der Waals surface area contributed by atoms with Gasteiger partial charge in [-0.15, -0.1) is 0 Å². The number of hydrogen-bond donors (Lipinski definition) is 2. The molecule has 0 aliphatic heterocycles. The van der Waals surface area contributed by atoms with E-state index in [1.54, 1.807) is 6.07 Å². The van der Waals surface area contributed by atoms with E-state index < -0.39 is 5.60 Å². The highest BCUT2D eigenvalue weighted by molar-refractivity contribution is 5.35. The van der Waals surface area contributed by atoms with Crippen molar-refractivity contribution in [3.05, 3.63) is 29.6 Å². The number of halogens is 1. The molecule has 0 unspecified atom stereocenters. The van der Waals surface area contributed by atoms with Crippen molar-refractivity contribution in [3.8, 4) is 5.75 Å². The molecule has 112 valence electrons. The zero-order valence-electron chi connectivity index (χ0n) is 12.1. The zero-order chi connectivity index (χ0) is 14.4. The van der Waals surface area contributed by atoms with Crippen LogP contribution in [0.1, 0.15) is 44.6 Å². The van der Waals surface area contributed by atoms with Gasteiger partial charge in [-0.3, -0.25) is 0 Å². The molecule has 1 aromatic rings. The molecule has 1 aromatic carbocycles. The number of rotatable bonds is 6. The van der Waals surface area contributed by atoms with Crippen molar-refractivity contribution in [1.29, 1.82) is 0 Å². The molecule has 1 aliphatic carbocycles. The first kappa shape index (κ1) is 15.3. The molecule has 3 nitrogen and oxygen atoms in total. The van der Waals surface area contributed by atoms with Crippen LogP contribution in [0.5, 0.6) is 5.75 Å². The SMILES string of the molecule is CCNCc1cccc(F)c1OCC1(O)CCCCC1. The molecule has 2 rings (SSSR count). The van der Waals surface area contributed by atoms with Crippen molar-refractivity contribution >= 4 is 0 Å². The van der Waals surface area contributed by atoms with E-state index >= 15 is 0 Å². The maximum Gasteiger partial charge on any atom is 0.165 e. The second-order valence-corrected chi connectivity index (χ2v) is 5.58. The normalized spacial score (nSPS) is 17.9. The number of aliphatic hydroxyl groups is 1. The standard InChI is InChI=1S/C16H24FNO2/c1-2-18-11-13-7-6-8-14(17)15(13)20-12-16(19)9-4-3-5-10-16/h6-8,18-19H,2-5,9-12H2,1H3. The van der Waals surface area contributed by atoms with Crippen molar-refractivity contribution in [1.82, 2.24) is 5.32 Å². The number of hydrogen-bond acceptors (Lipinski definition) is 3. The maximum atomic E-state index is 13.9. The van der Waals surface area contributed by atoms with E-state index in [0.29, 0.717) is 6.54 Å². The quantitative estimate of drug-likeness (QED) is 0.842. The Hall–Kier alpha value is -1.13. The largest absolute Gasteiger partial charge is 0.487 e. The lowest BCUT2D eigenvalue weighted by molar-refractivity contribution is -0.0349. The number of benzene rings is 1. The van der Waals surface area contributed by atoms with Gasteiger partial charge < -0.3 is 15.2 Å². The Morgan fingerprint density at radius 1 is 1.30 bits per heavy atom. The number of para-hydroxylation sites is 1. The predicted molar refractivity (Wildman–Crippen MR) is 77.3 cm³/mol. The third kappa shape index (κ3) is 3.93. The smallest absolute Gasteiger partial charge is 0.165 e. The topological polar surface area (TPSA) is 41.5 Å². The van der Waals surface area contributed by atoms with Crippen molar-refractivity contribution in [2.45, 2.75) is 51.2 Å². The predicted octanol–water partition coefficient (Wildman–Crippen LogP) is 3.01. The van der Waals surface area contributed by atoms with E-state index in [-0.39, 0.29) is 18.2 Å². The molecule has 0 atom stereocenters. The van der Waals surface area contributed by atoms with Crippen molar-refractivity contribution in [2.24, 2.45) is 0 Å². The van der Waals surface area contributed by atoms with Crippen LogP contribution < -0.4 is 10.1 Å². The molecular weight excluding hydrogens is 257 g/mol. The summed E-state index contributed by atoms with van der Waals surface area (Å²) in [4.78, 5) is 0. The van der Waals surface area contributed by atoms with Gasteiger partial charge in [0.1, 0.15) is 6.61 Å². The molecular formula is C16H24FNO2. The lowest BCUT2D eigenvalue weighted by Crippen LogP contribution is -2.38. The van der Waals surface area contributed by atoms with E-state index in [9.17, 15) is 9.50 Å². The highest BCUT2D eigenvalue weighted by Gasteiger charge is 2.30. The summed E-state index contributed by atoms with van der Waals surface area (Å²) in [6.07, 6.45) is 4.67. The molecule has 4 heteroatoms. The molecule has 0 radical (unpaired) electrons. The summed E-state index contributed by atoms with van der Waals surface area (Å²) in [5.41, 5.74) is 0.00181. The summed E-state index contributed by atoms with van der Waals surface area (Å²) < 4.78 is 19.6. The van der Waals surface area contributed by atoms with Gasteiger partial charge in [0.05, 0.1) is 5.60 Å². The van der Waals surface area contributed by atoms with Gasteiger partial charge in [0.15, 0.2) is 11.6 Å². The highest BCUT2D eigenvalue weighted by atomic mass is 19.1. The van der Waals surface area contributed by atoms with Crippen LogP contribution in [0.4, 0.5) is 4.39 Å². The van der Waals surface area contributed by atoms with Gasteiger partial charge in [-0.05, 0) is 25.5 Å². The number of ether oxygens (including phenoxy) is 1. The van der Waals surface area contributed by atoms with Crippen molar-refractivity contribution < 1.29 is 14.2 Å². The Morgan fingerprint density at radius 2 is 2.05 bits per heavy atom. The molecule has 0 saturated heterocycles. The third-order valence-electron chi connectivity index (χ3n) is 3.88. The Morgan fingerprint density at radius 3 is 2.75 bits per heavy atom. The van der Waals surface area contributed by atoms with Crippen LogP contribution in [0.15, 0.2) is 18.2 Å². The van der Waals surface area contributed by atoms with Crippen LogP contribution in [0, 0.1) is 5.82 Å². The fraction of sp³-hybridized carbons (Fsp3) is 0.625. The van der Waals surface area contributed by atoms with Crippen molar-refractivity contribution in [2.75, 3.05) is 13.2 Å². The van der Waals surface area contributed by atoms with Gasteiger partial charge in [0.2, 0.25) is 0 Å². The molecule has 2 N–H and O–H groups in total. The fourth-order valence-electron chi connectivity index (χ4n) is 2.67. The molecule has 1 saturated carbocycles. The molecule has 20 heavy (non-hydrogen) atoms. The van der Waals surface area contributed by atoms with Gasteiger partial charge in [-0.1, -0.05) is 38.3 Å². The van der Waals surface area contributed by atoms with Crippen LogP contribution in [0.25, 0.3) is 0 Å². The van der Waals surface area contributed by atoms with E-state index in [4.69, 9.17) is 4.74 Å². The summed E-state index contributed by atoms with van der Waals surface area (Å²) >= 11 is 0. The Kier molecular flexibility index (Phi) is 5.38. The van der Waals surface area contributed by atoms with Crippen molar-refractivity contribution in [3.63, 3.8) is 0 Å². The minimum absolute atomic E-state index is 0.174. The zero-order valence-corrected chi connectivity index (χ0v) is 12.1.